The third-order valence-corrected chi connectivity index (χ3v) is 3.44. The average molecular weight is 278 g/mol. The van der Waals surface area contributed by atoms with Gasteiger partial charge < -0.3 is 5.84 Å². The maximum Gasteiger partial charge on any atom is 0.193 e. The topological polar surface area (TPSA) is 55.4 Å². The van der Waals surface area contributed by atoms with E-state index >= 15 is 0 Å². The van der Waals surface area contributed by atoms with Gasteiger partial charge >= 0.3 is 0 Å². The van der Waals surface area contributed by atoms with Gasteiger partial charge in [-0.15, -0.1) is 0 Å². The van der Waals surface area contributed by atoms with Crippen molar-refractivity contribution in [3.8, 4) is 0 Å². The number of Topliss-reactive ketones (excluding diaryl/α,β-unsaturated/α-hetero) is 1. The summed E-state index contributed by atoms with van der Waals surface area (Å²) in [5.74, 6) is 5.34. The molecule has 0 bridgehead atoms. The number of allylic oxidation sites excluding steroid dienone is 2. The molecule has 0 saturated carbocycles. The van der Waals surface area contributed by atoms with Gasteiger partial charge in [0.25, 0.3) is 0 Å². The van der Waals surface area contributed by atoms with E-state index in [2.05, 4.69) is 5.10 Å². The molecule has 21 heavy (non-hydrogen) atoms. The fourth-order valence-corrected chi connectivity index (χ4v) is 2.13. The molecule has 0 aliphatic heterocycles. The summed E-state index contributed by atoms with van der Waals surface area (Å²) in [6, 6.07) is 18.8. The molecule has 0 aromatic heterocycles. The summed E-state index contributed by atoms with van der Waals surface area (Å²) in [6.45, 7) is 3.67. The number of hydrogen-bond acceptors (Lipinski definition) is 3. The van der Waals surface area contributed by atoms with Gasteiger partial charge in [-0.25, -0.2) is 0 Å². The van der Waals surface area contributed by atoms with Crippen molar-refractivity contribution in [3.63, 3.8) is 0 Å². The van der Waals surface area contributed by atoms with Crippen molar-refractivity contribution >= 4 is 17.1 Å². The van der Waals surface area contributed by atoms with E-state index in [0.717, 1.165) is 11.1 Å². The van der Waals surface area contributed by atoms with Crippen LogP contribution in [0.5, 0.6) is 0 Å². The second-order valence-corrected chi connectivity index (χ2v) is 4.78. The molecule has 0 saturated heterocycles. The lowest BCUT2D eigenvalue weighted by Gasteiger charge is -2.12. The van der Waals surface area contributed by atoms with Gasteiger partial charge in [-0.05, 0) is 25.0 Å². The zero-order valence-corrected chi connectivity index (χ0v) is 12.2. The standard InChI is InChI=1S/C18H18N2O/c1-13(14(2)20-19)17(15-9-5-3-6-10-15)18(21)16-11-7-4-8-12-16/h3-12H,19H2,1-2H3. The molecule has 0 spiro atoms. The Labute approximate surface area is 124 Å². The lowest BCUT2D eigenvalue weighted by molar-refractivity contribution is 0.105. The Hall–Kier alpha value is -2.68. The van der Waals surface area contributed by atoms with Crippen LogP contribution in [0, 0.1) is 0 Å². The minimum atomic E-state index is -0.0256. The molecule has 0 amide bonds. The third kappa shape index (κ3) is 3.26. The van der Waals surface area contributed by atoms with Crippen molar-refractivity contribution in [2.24, 2.45) is 10.9 Å². The van der Waals surface area contributed by atoms with Crippen molar-refractivity contribution in [1.29, 1.82) is 0 Å². The van der Waals surface area contributed by atoms with Crippen molar-refractivity contribution in [2.45, 2.75) is 13.8 Å². The largest absolute Gasteiger partial charge is 0.323 e. The number of nitrogens with two attached hydrogens (primary N) is 1. The fraction of sp³-hybridized carbons (Fsp3) is 0.111. The highest BCUT2D eigenvalue weighted by molar-refractivity contribution is 6.33. The number of carbonyl (C=O) groups is 1. The monoisotopic (exact) mass is 278 g/mol. The average Bonchev–Trinajstić information content (AvgIpc) is 2.56. The molecular formula is C18H18N2O. The number of nitrogens with zero attached hydrogens (tertiary/aromatic N) is 1. The molecule has 2 aromatic rings. The van der Waals surface area contributed by atoms with Gasteiger partial charge in [0, 0.05) is 11.1 Å². The highest BCUT2D eigenvalue weighted by atomic mass is 16.1. The fourth-order valence-electron chi connectivity index (χ4n) is 2.13. The van der Waals surface area contributed by atoms with E-state index < -0.39 is 0 Å². The second-order valence-electron chi connectivity index (χ2n) is 4.78. The first-order valence-electron chi connectivity index (χ1n) is 6.76. The number of benzene rings is 2. The molecule has 0 atom stereocenters. The van der Waals surface area contributed by atoms with Crippen LogP contribution in [0.15, 0.2) is 71.3 Å². The Kier molecular flexibility index (Phi) is 4.67. The maximum absolute atomic E-state index is 12.9. The quantitative estimate of drug-likeness (QED) is 0.305. The molecule has 0 aliphatic carbocycles. The summed E-state index contributed by atoms with van der Waals surface area (Å²) in [4.78, 5) is 12.9. The van der Waals surface area contributed by atoms with Gasteiger partial charge in [0.05, 0.1) is 5.71 Å². The van der Waals surface area contributed by atoms with Crippen LogP contribution in [-0.4, -0.2) is 11.5 Å². The van der Waals surface area contributed by atoms with E-state index in [4.69, 9.17) is 5.84 Å². The van der Waals surface area contributed by atoms with Crippen molar-refractivity contribution in [2.75, 3.05) is 0 Å². The smallest absolute Gasteiger partial charge is 0.193 e. The van der Waals surface area contributed by atoms with Gasteiger partial charge in [0.15, 0.2) is 5.78 Å². The molecule has 0 aliphatic rings. The van der Waals surface area contributed by atoms with Gasteiger partial charge in [0.2, 0.25) is 0 Å². The summed E-state index contributed by atoms with van der Waals surface area (Å²) in [7, 11) is 0. The van der Waals surface area contributed by atoms with E-state index in [1.807, 2.05) is 67.6 Å². The van der Waals surface area contributed by atoms with Crippen molar-refractivity contribution in [1.82, 2.24) is 0 Å². The number of hydrazone groups is 1. The van der Waals surface area contributed by atoms with Crippen LogP contribution in [0.2, 0.25) is 0 Å². The van der Waals surface area contributed by atoms with Crippen LogP contribution in [-0.2, 0) is 0 Å². The minimum Gasteiger partial charge on any atom is -0.323 e. The summed E-state index contributed by atoms with van der Waals surface area (Å²) in [5.41, 5.74) is 3.59. The van der Waals surface area contributed by atoms with Gasteiger partial charge in [-0.3, -0.25) is 4.79 Å². The second kappa shape index (κ2) is 6.66. The van der Waals surface area contributed by atoms with Crippen LogP contribution in [0.1, 0.15) is 29.8 Å². The molecular weight excluding hydrogens is 260 g/mol. The Bertz CT molecular complexity index is 686. The molecule has 0 unspecified atom stereocenters. The molecule has 0 fully saturated rings. The summed E-state index contributed by atoms with van der Waals surface area (Å²) >= 11 is 0. The number of ketones is 1. The van der Waals surface area contributed by atoms with E-state index in [-0.39, 0.29) is 5.78 Å². The number of hydrogen-bond donors (Lipinski definition) is 1. The molecule has 0 radical (unpaired) electrons. The van der Waals surface area contributed by atoms with Crippen LogP contribution in [0.25, 0.3) is 5.57 Å². The van der Waals surface area contributed by atoms with Gasteiger partial charge in [0.1, 0.15) is 0 Å². The first-order chi connectivity index (χ1) is 10.1. The first kappa shape index (κ1) is 14.7. The molecule has 3 nitrogen and oxygen atoms in total. The predicted octanol–water partition coefficient (Wildman–Crippen LogP) is 3.68. The Morgan fingerprint density at radius 3 is 1.81 bits per heavy atom. The zero-order valence-electron chi connectivity index (χ0n) is 12.2. The summed E-state index contributed by atoms with van der Waals surface area (Å²) in [5, 5.41) is 3.72. The molecule has 2 rings (SSSR count). The van der Waals surface area contributed by atoms with E-state index in [1.165, 1.54) is 0 Å². The molecule has 2 N–H and O–H groups in total. The Balaban J connectivity index is 2.61. The minimum absolute atomic E-state index is 0.0256. The summed E-state index contributed by atoms with van der Waals surface area (Å²) in [6.07, 6.45) is 0. The van der Waals surface area contributed by atoms with E-state index in [1.54, 1.807) is 6.92 Å². The van der Waals surface area contributed by atoms with E-state index in [9.17, 15) is 4.79 Å². The molecule has 3 heteroatoms. The van der Waals surface area contributed by atoms with Crippen molar-refractivity contribution < 1.29 is 4.79 Å². The number of carbonyl (C=O) groups excluding carboxylic acids is 1. The molecule has 0 heterocycles. The van der Waals surface area contributed by atoms with E-state index in [0.29, 0.717) is 16.8 Å². The third-order valence-electron chi connectivity index (χ3n) is 3.44. The lowest BCUT2D eigenvalue weighted by atomic mass is 9.91. The lowest BCUT2D eigenvalue weighted by Crippen LogP contribution is -2.09. The van der Waals surface area contributed by atoms with Gasteiger partial charge in [-0.2, -0.15) is 5.10 Å². The van der Waals surface area contributed by atoms with Crippen LogP contribution < -0.4 is 5.84 Å². The SMILES string of the molecule is CC(=NN)C(C)=C(C(=O)c1ccccc1)c1ccccc1. The van der Waals surface area contributed by atoms with Crippen molar-refractivity contribution in [3.05, 3.63) is 77.4 Å². The Morgan fingerprint density at radius 2 is 1.33 bits per heavy atom. The number of rotatable bonds is 4. The Morgan fingerprint density at radius 1 is 0.857 bits per heavy atom. The zero-order chi connectivity index (χ0) is 15.2. The highest BCUT2D eigenvalue weighted by Crippen LogP contribution is 2.24. The normalized spacial score (nSPS) is 12.8. The highest BCUT2D eigenvalue weighted by Gasteiger charge is 2.18. The van der Waals surface area contributed by atoms with Crippen LogP contribution in [0.4, 0.5) is 0 Å². The van der Waals surface area contributed by atoms with Gasteiger partial charge in [-0.1, -0.05) is 60.7 Å². The maximum atomic E-state index is 12.9. The van der Waals surface area contributed by atoms with Crippen LogP contribution >= 0.6 is 0 Å². The summed E-state index contributed by atoms with van der Waals surface area (Å²) < 4.78 is 0. The van der Waals surface area contributed by atoms with Crippen LogP contribution in [0.3, 0.4) is 0 Å². The molecule has 106 valence electrons. The first-order valence-corrected chi connectivity index (χ1v) is 6.76. The molecule has 2 aromatic carbocycles. The predicted molar refractivity (Wildman–Crippen MR) is 87.1 cm³/mol.